The Bertz CT molecular complexity index is 894. The molecule has 2 heterocycles. The number of amides is 1. The van der Waals surface area contributed by atoms with Crippen molar-refractivity contribution in [2.24, 2.45) is 0 Å². The highest BCUT2D eigenvalue weighted by molar-refractivity contribution is 6.05. The summed E-state index contributed by atoms with van der Waals surface area (Å²) in [5, 5.41) is 1.13. The molecule has 1 amide bonds. The fraction of sp³-hybridized carbons (Fsp3) is 0.250. The van der Waals surface area contributed by atoms with E-state index in [0.29, 0.717) is 13.0 Å². The lowest BCUT2D eigenvalue weighted by atomic mass is 9.94. The van der Waals surface area contributed by atoms with Crippen LogP contribution in [0.2, 0.25) is 0 Å². The lowest BCUT2D eigenvalue weighted by Gasteiger charge is -2.14. The predicted molar refractivity (Wildman–Crippen MR) is 91.9 cm³/mol. The van der Waals surface area contributed by atoms with Crippen molar-refractivity contribution in [3.63, 3.8) is 0 Å². The minimum Gasteiger partial charge on any atom is -0.461 e. The number of fused-ring (bicyclic) bond motifs is 2. The summed E-state index contributed by atoms with van der Waals surface area (Å²) in [6, 6.07) is 16.1. The molecule has 0 fully saturated rings. The summed E-state index contributed by atoms with van der Waals surface area (Å²) < 4.78 is 6.02. The van der Waals surface area contributed by atoms with E-state index in [-0.39, 0.29) is 11.8 Å². The van der Waals surface area contributed by atoms with Gasteiger partial charge in [-0.2, -0.15) is 0 Å². The zero-order valence-corrected chi connectivity index (χ0v) is 13.4. The van der Waals surface area contributed by atoms with Gasteiger partial charge in [-0.15, -0.1) is 0 Å². The molecule has 0 bridgehead atoms. The van der Waals surface area contributed by atoms with Crippen LogP contribution in [0.4, 0.5) is 5.69 Å². The lowest BCUT2D eigenvalue weighted by Crippen LogP contribution is -2.29. The zero-order chi connectivity index (χ0) is 16.0. The Morgan fingerprint density at radius 2 is 1.83 bits per heavy atom. The molecule has 0 aliphatic carbocycles. The lowest BCUT2D eigenvalue weighted by molar-refractivity contribution is -0.119. The number of benzene rings is 2. The molecule has 0 N–H and O–H groups in total. The van der Waals surface area contributed by atoms with Gasteiger partial charge in [0.05, 0.1) is 5.92 Å². The normalized spacial score (nSPS) is 17.0. The van der Waals surface area contributed by atoms with Crippen LogP contribution in [0.1, 0.15) is 29.7 Å². The van der Waals surface area contributed by atoms with E-state index in [1.54, 1.807) is 0 Å². The van der Waals surface area contributed by atoms with Crippen molar-refractivity contribution in [3.05, 3.63) is 65.4 Å². The van der Waals surface area contributed by atoms with Crippen LogP contribution < -0.4 is 4.90 Å². The van der Waals surface area contributed by atoms with Crippen LogP contribution in [0.3, 0.4) is 0 Å². The number of nitrogens with zero attached hydrogens (tertiary/aromatic N) is 1. The molecule has 4 rings (SSSR count). The Labute approximate surface area is 135 Å². The Kier molecular flexibility index (Phi) is 3.22. The van der Waals surface area contributed by atoms with Crippen molar-refractivity contribution in [1.29, 1.82) is 0 Å². The highest BCUT2D eigenvalue weighted by Gasteiger charge is 2.37. The number of carbonyl (C=O) groups is 1. The fourth-order valence-corrected chi connectivity index (χ4v) is 3.60. The van der Waals surface area contributed by atoms with Gasteiger partial charge >= 0.3 is 0 Å². The van der Waals surface area contributed by atoms with E-state index in [0.717, 1.165) is 33.5 Å². The Morgan fingerprint density at radius 1 is 1.09 bits per heavy atom. The second kappa shape index (κ2) is 5.27. The van der Waals surface area contributed by atoms with Crippen molar-refractivity contribution in [1.82, 2.24) is 0 Å². The van der Waals surface area contributed by atoms with E-state index in [1.807, 2.05) is 48.2 Å². The first kappa shape index (κ1) is 14.1. The average molecular weight is 305 g/mol. The summed E-state index contributed by atoms with van der Waals surface area (Å²) in [7, 11) is 0. The number of para-hydroxylation sites is 2. The van der Waals surface area contributed by atoms with Crippen molar-refractivity contribution >= 4 is 22.6 Å². The van der Waals surface area contributed by atoms with Gasteiger partial charge in [0, 0.05) is 24.0 Å². The molecule has 0 saturated heterocycles. The quantitative estimate of drug-likeness (QED) is 0.717. The van der Waals surface area contributed by atoms with E-state index in [1.165, 1.54) is 0 Å². The van der Waals surface area contributed by atoms with Gasteiger partial charge in [-0.1, -0.05) is 36.4 Å². The van der Waals surface area contributed by atoms with Crippen molar-refractivity contribution in [2.45, 2.75) is 26.2 Å². The highest BCUT2D eigenvalue weighted by atomic mass is 16.3. The number of aryl methyl sites for hydroxylation is 1. The van der Waals surface area contributed by atoms with Gasteiger partial charge in [-0.3, -0.25) is 4.79 Å². The van der Waals surface area contributed by atoms with Gasteiger partial charge < -0.3 is 9.32 Å². The first-order chi connectivity index (χ1) is 11.2. The first-order valence-corrected chi connectivity index (χ1v) is 8.08. The van der Waals surface area contributed by atoms with E-state index in [4.69, 9.17) is 4.42 Å². The molecule has 1 aliphatic heterocycles. The number of anilines is 1. The highest BCUT2D eigenvalue weighted by Crippen LogP contribution is 2.40. The summed E-state index contributed by atoms with van der Waals surface area (Å²) in [5.41, 5.74) is 4.19. The molecule has 1 aliphatic rings. The standard InChI is InChI=1S/C20H19NO2/c1-3-21-17-10-6-4-9-15(17)16(20(21)22)12-19-13(2)14-8-5-7-11-18(14)23-19/h4-11,16H,3,12H2,1-2H3/t16-/m0/s1. The van der Waals surface area contributed by atoms with E-state index in [9.17, 15) is 4.79 Å². The van der Waals surface area contributed by atoms with Crippen LogP contribution in [0, 0.1) is 6.92 Å². The molecule has 1 atom stereocenters. The van der Waals surface area contributed by atoms with Crippen molar-refractivity contribution in [2.75, 3.05) is 11.4 Å². The first-order valence-electron chi connectivity index (χ1n) is 8.08. The van der Waals surface area contributed by atoms with Crippen LogP contribution in [0.25, 0.3) is 11.0 Å². The smallest absolute Gasteiger partial charge is 0.235 e. The monoisotopic (exact) mass is 305 g/mol. The molecular formula is C20H19NO2. The minimum absolute atomic E-state index is 0.148. The van der Waals surface area contributed by atoms with Crippen molar-refractivity contribution < 1.29 is 9.21 Å². The summed E-state index contributed by atoms with van der Waals surface area (Å²) in [5.74, 6) is 0.941. The van der Waals surface area contributed by atoms with Crippen LogP contribution >= 0.6 is 0 Å². The third-order valence-corrected chi connectivity index (χ3v) is 4.82. The molecular weight excluding hydrogens is 286 g/mol. The summed E-state index contributed by atoms with van der Waals surface area (Å²) in [6.07, 6.45) is 0.618. The van der Waals surface area contributed by atoms with Gasteiger partial charge in [-0.05, 0) is 37.1 Å². The molecule has 3 heteroatoms. The summed E-state index contributed by atoms with van der Waals surface area (Å²) in [4.78, 5) is 14.7. The number of furan rings is 1. The fourth-order valence-electron chi connectivity index (χ4n) is 3.60. The van der Waals surface area contributed by atoms with Crippen LogP contribution in [-0.4, -0.2) is 12.5 Å². The van der Waals surface area contributed by atoms with Crippen LogP contribution in [0.15, 0.2) is 52.9 Å². The maximum Gasteiger partial charge on any atom is 0.235 e. The third-order valence-electron chi connectivity index (χ3n) is 4.82. The summed E-state index contributed by atoms with van der Waals surface area (Å²) in [6.45, 7) is 4.79. The molecule has 0 spiro atoms. The molecule has 3 nitrogen and oxygen atoms in total. The maximum atomic E-state index is 12.8. The Hall–Kier alpha value is -2.55. The van der Waals surface area contributed by atoms with Crippen LogP contribution in [-0.2, 0) is 11.2 Å². The number of hydrogen-bond donors (Lipinski definition) is 0. The number of likely N-dealkylation sites (N-methyl/N-ethyl adjacent to an activating group) is 1. The minimum atomic E-state index is -0.148. The van der Waals surface area contributed by atoms with Gasteiger partial charge in [0.25, 0.3) is 0 Å². The van der Waals surface area contributed by atoms with Gasteiger partial charge in [0.15, 0.2) is 0 Å². The molecule has 0 unspecified atom stereocenters. The van der Waals surface area contributed by atoms with Gasteiger partial charge in [-0.25, -0.2) is 0 Å². The second-order valence-corrected chi connectivity index (χ2v) is 6.04. The largest absolute Gasteiger partial charge is 0.461 e. The van der Waals surface area contributed by atoms with E-state index >= 15 is 0 Å². The molecule has 0 saturated carbocycles. The third kappa shape index (κ3) is 2.07. The van der Waals surface area contributed by atoms with Gasteiger partial charge in [0.1, 0.15) is 11.3 Å². The van der Waals surface area contributed by atoms with Crippen molar-refractivity contribution in [3.8, 4) is 0 Å². The number of carbonyl (C=O) groups excluding carboxylic acids is 1. The molecule has 1 aromatic heterocycles. The molecule has 23 heavy (non-hydrogen) atoms. The number of rotatable bonds is 3. The number of hydrogen-bond acceptors (Lipinski definition) is 2. The molecule has 3 aromatic rings. The maximum absolute atomic E-state index is 12.8. The SMILES string of the molecule is CCN1C(=O)[C@@H](Cc2oc3ccccc3c2C)c2ccccc21. The zero-order valence-electron chi connectivity index (χ0n) is 13.4. The topological polar surface area (TPSA) is 33.5 Å². The average Bonchev–Trinajstić information content (AvgIpc) is 3.04. The van der Waals surface area contributed by atoms with Gasteiger partial charge in [0.2, 0.25) is 5.91 Å². The van der Waals surface area contributed by atoms with E-state index < -0.39 is 0 Å². The second-order valence-electron chi connectivity index (χ2n) is 6.04. The summed E-state index contributed by atoms with van der Waals surface area (Å²) >= 11 is 0. The molecule has 0 radical (unpaired) electrons. The molecule has 2 aromatic carbocycles. The van der Waals surface area contributed by atoms with E-state index in [2.05, 4.69) is 19.1 Å². The molecule has 116 valence electrons. The Balaban J connectivity index is 1.76. The van der Waals surface area contributed by atoms with Crippen LogP contribution in [0.5, 0.6) is 0 Å². The predicted octanol–water partition coefficient (Wildman–Crippen LogP) is 4.43. The Morgan fingerprint density at radius 3 is 2.61 bits per heavy atom.